The van der Waals surface area contributed by atoms with Gasteiger partial charge < -0.3 is 0 Å². The van der Waals surface area contributed by atoms with Gasteiger partial charge in [0.25, 0.3) is 5.56 Å². The van der Waals surface area contributed by atoms with Gasteiger partial charge in [-0.15, -0.1) is 0 Å². The molecule has 2 rings (SSSR count). The molecule has 0 aliphatic heterocycles. The Hall–Kier alpha value is -3.19. The van der Waals surface area contributed by atoms with Crippen LogP contribution in [0.3, 0.4) is 0 Å². The first-order valence-electron chi connectivity index (χ1n) is 5.82. The number of nitrogens with one attached hydrogen (secondary N) is 1. The van der Waals surface area contributed by atoms with Gasteiger partial charge in [0.2, 0.25) is 5.71 Å². The minimum absolute atomic E-state index is 0.109. The second-order valence-electron chi connectivity index (χ2n) is 3.86. The average molecular weight is 266 g/mol. The summed E-state index contributed by atoms with van der Waals surface area (Å²) >= 11 is 0. The maximum Gasteiger partial charge on any atom is 0.261 e. The fourth-order valence-corrected chi connectivity index (χ4v) is 1.65. The number of aryl methyl sites for hydroxylation is 1. The van der Waals surface area contributed by atoms with Crippen molar-refractivity contribution in [3.63, 3.8) is 0 Å². The lowest BCUT2D eigenvalue weighted by Gasteiger charge is -2.05. The summed E-state index contributed by atoms with van der Waals surface area (Å²) in [5, 5.41) is 21.3. The van der Waals surface area contributed by atoms with Crippen LogP contribution < -0.4 is 11.0 Å². The second kappa shape index (κ2) is 5.63. The number of aromatic nitrogens is 2. The van der Waals surface area contributed by atoms with Gasteiger partial charge in [0.15, 0.2) is 0 Å². The highest BCUT2D eigenvalue weighted by Gasteiger charge is 2.04. The van der Waals surface area contributed by atoms with E-state index in [1.807, 2.05) is 6.92 Å². The zero-order valence-electron chi connectivity index (χ0n) is 10.7. The summed E-state index contributed by atoms with van der Waals surface area (Å²) in [5.41, 5.74) is 3.26. The van der Waals surface area contributed by atoms with Crippen molar-refractivity contribution in [2.45, 2.75) is 13.5 Å². The van der Waals surface area contributed by atoms with Crippen LogP contribution >= 0.6 is 0 Å². The number of nitrogens with zero attached hydrogens (tertiary/aromatic N) is 5. The van der Waals surface area contributed by atoms with Gasteiger partial charge in [-0.3, -0.25) is 14.8 Å². The van der Waals surface area contributed by atoms with Crippen LogP contribution in [0.5, 0.6) is 0 Å². The molecule has 0 bridgehead atoms. The first-order chi connectivity index (χ1) is 9.69. The maximum atomic E-state index is 12.0. The number of fused-ring (bicyclic) bond motifs is 1. The minimum Gasteiger partial charge on any atom is -0.299 e. The summed E-state index contributed by atoms with van der Waals surface area (Å²) in [6.45, 7) is 2.42. The lowest BCUT2D eigenvalue weighted by atomic mass is 10.2. The van der Waals surface area contributed by atoms with Crippen LogP contribution in [0.4, 0.5) is 5.69 Å². The Balaban J connectivity index is 2.42. The van der Waals surface area contributed by atoms with Gasteiger partial charge in [0, 0.05) is 6.54 Å². The van der Waals surface area contributed by atoms with Crippen molar-refractivity contribution in [3.05, 3.63) is 34.9 Å². The predicted octanol–water partition coefficient (Wildman–Crippen LogP) is 1.23. The summed E-state index contributed by atoms with van der Waals surface area (Å²) in [5.74, 6) is 0. The molecule has 7 heteroatoms. The van der Waals surface area contributed by atoms with E-state index in [4.69, 9.17) is 10.5 Å². The number of hydrazone groups is 1. The molecule has 0 aliphatic carbocycles. The molecule has 0 saturated carbocycles. The van der Waals surface area contributed by atoms with Crippen LogP contribution in [0.1, 0.15) is 6.92 Å². The molecule has 2 aromatic rings. The van der Waals surface area contributed by atoms with Crippen molar-refractivity contribution in [3.8, 4) is 12.1 Å². The van der Waals surface area contributed by atoms with Crippen molar-refractivity contribution in [2.24, 2.45) is 5.10 Å². The summed E-state index contributed by atoms with van der Waals surface area (Å²) in [7, 11) is 0. The molecule has 98 valence electrons. The first-order valence-corrected chi connectivity index (χ1v) is 5.82. The highest BCUT2D eigenvalue weighted by atomic mass is 16.1. The quantitative estimate of drug-likeness (QED) is 0.664. The van der Waals surface area contributed by atoms with E-state index in [2.05, 4.69) is 15.5 Å². The molecule has 1 N–H and O–H groups in total. The van der Waals surface area contributed by atoms with Crippen LogP contribution in [0.2, 0.25) is 0 Å². The van der Waals surface area contributed by atoms with E-state index in [0.717, 1.165) is 0 Å². The van der Waals surface area contributed by atoms with E-state index in [9.17, 15) is 4.79 Å². The number of rotatable bonds is 3. The monoisotopic (exact) mass is 266 g/mol. The molecule has 0 amide bonds. The van der Waals surface area contributed by atoms with Crippen LogP contribution in [0, 0.1) is 22.7 Å². The first kappa shape index (κ1) is 13.2. The van der Waals surface area contributed by atoms with Crippen molar-refractivity contribution < 1.29 is 0 Å². The van der Waals surface area contributed by atoms with E-state index < -0.39 is 0 Å². The normalized spacial score (nSPS) is 9.55. The van der Waals surface area contributed by atoms with Gasteiger partial charge in [-0.2, -0.15) is 15.6 Å². The largest absolute Gasteiger partial charge is 0.299 e. The van der Waals surface area contributed by atoms with Gasteiger partial charge in [-0.1, -0.05) is 0 Å². The maximum absolute atomic E-state index is 12.0. The molecule has 1 aromatic heterocycles. The Morgan fingerprint density at radius 1 is 1.45 bits per heavy atom. The van der Waals surface area contributed by atoms with Crippen molar-refractivity contribution in [2.75, 3.05) is 5.43 Å². The van der Waals surface area contributed by atoms with Gasteiger partial charge in [0.05, 0.1) is 22.9 Å². The lowest BCUT2D eigenvalue weighted by molar-refractivity contribution is 0.717. The molecule has 1 heterocycles. The fourth-order valence-electron chi connectivity index (χ4n) is 1.65. The third-order valence-corrected chi connectivity index (χ3v) is 2.67. The van der Waals surface area contributed by atoms with Crippen molar-refractivity contribution >= 4 is 22.3 Å². The van der Waals surface area contributed by atoms with Crippen molar-refractivity contribution in [1.82, 2.24) is 9.55 Å². The topological polar surface area (TPSA) is 107 Å². The van der Waals surface area contributed by atoms with Gasteiger partial charge in [0.1, 0.15) is 12.1 Å². The molecule has 0 atom stereocenters. The Kier molecular flexibility index (Phi) is 3.73. The zero-order chi connectivity index (χ0) is 14.5. The van der Waals surface area contributed by atoms with Crippen LogP contribution in [0.25, 0.3) is 10.9 Å². The molecule has 0 aliphatic rings. The zero-order valence-corrected chi connectivity index (χ0v) is 10.7. The molecule has 0 unspecified atom stereocenters. The fraction of sp³-hybridized carbons (Fsp3) is 0.154. The summed E-state index contributed by atoms with van der Waals surface area (Å²) in [6, 6.07) is 8.19. The molecule has 0 radical (unpaired) electrons. The molecular formula is C13H10N6O. The highest BCUT2D eigenvalue weighted by Crippen LogP contribution is 2.14. The second-order valence-corrected chi connectivity index (χ2v) is 3.86. The molecule has 0 saturated heterocycles. The number of benzene rings is 1. The number of anilines is 1. The lowest BCUT2D eigenvalue weighted by Crippen LogP contribution is -2.19. The average Bonchev–Trinajstić information content (AvgIpc) is 2.48. The van der Waals surface area contributed by atoms with Crippen molar-refractivity contribution in [1.29, 1.82) is 10.5 Å². The van der Waals surface area contributed by atoms with E-state index in [0.29, 0.717) is 23.1 Å². The molecule has 1 aromatic carbocycles. The van der Waals surface area contributed by atoms with Crippen LogP contribution in [-0.2, 0) is 6.54 Å². The smallest absolute Gasteiger partial charge is 0.261 e. The summed E-state index contributed by atoms with van der Waals surface area (Å²) < 4.78 is 1.51. The van der Waals surface area contributed by atoms with E-state index in [1.165, 1.54) is 10.9 Å². The molecule has 7 nitrogen and oxygen atoms in total. The van der Waals surface area contributed by atoms with Crippen LogP contribution in [-0.4, -0.2) is 15.3 Å². The Morgan fingerprint density at radius 2 is 2.20 bits per heavy atom. The Bertz CT molecular complexity index is 805. The van der Waals surface area contributed by atoms with Gasteiger partial charge in [-0.25, -0.2) is 4.98 Å². The highest BCUT2D eigenvalue weighted by molar-refractivity contribution is 6.10. The van der Waals surface area contributed by atoms with Gasteiger partial charge in [-0.05, 0) is 25.1 Å². The minimum atomic E-state index is -0.278. The van der Waals surface area contributed by atoms with E-state index >= 15 is 0 Å². The number of hydrogen-bond acceptors (Lipinski definition) is 6. The number of nitriles is 2. The molecular weight excluding hydrogens is 256 g/mol. The van der Waals surface area contributed by atoms with E-state index in [-0.39, 0.29) is 11.3 Å². The molecule has 0 spiro atoms. The molecule has 0 fully saturated rings. The third kappa shape index (κ3) is 2.47. The summed E-state index contributed by atoms with van der Waals surface area (Å²) in [4.78, 5) is 16.2. The standard InChI is InChI=1S/C13H10N6O/c1-2-19-8-16-12-5-9(3-4-11(12)13(19)20)17-18-10(6-14)7-15/h3-5,8,17H,2H2,1H3. The third-order valence-electron chi connectivity index (χ3n) is 2.67. The van der Waals surface area contributed by atoms with Crippen LogP contribution in [0.15, 0.2) is 34.4 Å². The SMILES string of the molecule is CCn1cnc2cc(NN=C(C#N)C#N)ccc2c1=O. The number of hydrogen-bond donors (Lipinski definition) is 1. The van der Waals surface area contributed by atoms with Gasteiger partial charge >= 0.3 is 0 Å². The Morgan fingerprint density at radius 3 is 2.85 bits per heavy atom. The van der Waals surface area contributed by atoms with E-state index in [1.54, 1.807) is 30.3 Å². The Labute approximate surface area is 114 Å². The predicted molar refractivity (Wildman–Crippen MR) is 74.0 cm³/mol. The molecule has 20 heavy (non-hydrogen) atoms. The summed E-state index contributed by atoms with van der Waals surface area (Å²) in [6.07, 6.45) is 1.48.